The number of ether oxygens (including phenoxy) is 1. The first-order valence-corrected chi connectivity index (χ1v) is 5.07. The molecule has 1 rings (SSSR count). The molecule has 1 aromatic carbocycles. The van der Waals surface area contributed by atoms with Gasteiger partial charge in [-0.3, -0.25) is 0 Å². The molecule has 0 aliphatic heterocycles. The molecule has 0 aromatic heterocycles. The molecule has 5 heteroatoms. The monoisotopic (exact) mass is 245 g/mol. The van der Waals surface area contributed by atoms with Crippen LogP contribution in [0.1, 0.15) is 19.4 Å². The van der Waals surface area contributed by atoms with Crippen molar-refractivity contribution < 1.29 is 17.9 Å². The van der Waals surface area contributed by atoms with E-state index in [4.69, 9.17) is 5.73 Å². The fourth-order valence-corrected chi connectivity index (χ4v) is 1.16. The summed E-state index contributed by atoms with van der Waals surface area (Å²) >= 11 is 0. The summed E-state index contributed by atoms with van der Waals surface area (Å²) in [6, 6.07) is 5.56. The Morgan fingerprint density at radius 1 is 1.29 bits per heavy atom. The third-order valence-corrected chi connectivity index (χ3v) is 2.23. The van der Waals surface area contributed by atoms with Crippen molar-refractivity contribution in [1.82, 2.24) is 0 Å². The van der Waals surface area contributed by atoms with E-state index in [1.54, 1.807) is 12.1 Å². The molecule has 0 spiro atoms. The van der Waals surface area contributed by atoms with Gasteiger partial charge in [-0.05, 0) is 31.5 Å². The van der Waals surface area contributed by atoms with Crippen molar-refractivity contribution in [1.29, 1.82) is 0 Å². The van der Waals surface area contributed by atoms with Gasteiger partial charge in [0, 0.05) is 6.04 Å². The van der Waals surface area contributed by atoms with Crippen LogP contribution in [0, 0.1) is 0 Å². The lowest BCUT2D eigenvalue weighted by Gasteiger charge is -2.09. The predicted molar refractivity (Wildman–Crippen MR) is 60.4 cm³/mol. The molecule has 0 fully saturated rings. The molecule has 0 radical (unpaired) electrons. The van der Waals surface area contributed by atoms with E-state index in [1.165, 1.54) is 12.1 Å². The summed E-state index contributed by atoms with van der Waals surface area (Å²) in [5.74, 6) is -0.229. The fourth-order valence-electron chi connectivity index (χ4n) is 1.16. The van der Waals surface area contributed by atoms with Crippen molar-refractivity contribution in [2.45, 2.75) is 26.3 Å². The van der Waals surface area contributed by atoms with E-state index in [0.29, 0.717) is 0 Å². The molecule has 1 atom stereocenters. The second kappa shape index (κ2) is 5.23. The Morgan fingerprint density at radius 3 is 2.24 bits per heavy atom. The molecule has 17 heavy (non-hydrogen) atoms. The van der Waals surface area contributed by atoms with Crippen LogP contribution in [0.3, 0.4) is 0 Å². The van der Waals surface area contributed by atoms with E-state index < -0.39 is 6.36 Å². The Balaban J connectivity index is 2.79. The zero-order valence-corrected chi connectivity index (χ0v) is 9.58. The number of alkyl halides is 3. The Bertz CT molecular complexity index is 393. The minimum absolute atomic E-state index is 0.0823. The van der Waals surface area contributed by atoms with Gasteiger partial charge < -0.3 is 10.5 Å². The quantitative estimate of drug-likeness (QED) is 0.886. The number of rotatable bonds is 3. The predicted octanol–water partition coefficient (Wildman–Crippen LogP) is 3.34. The Hall–Kier alpha value is -1.49. The summed E-state index contributed by atoms with van der Waals surface area (Å²) in [7, 11) is 0. The molecule has 0 saturated carbocycles. The molecule has 0 bridgehead atoms. The SMILES string of the molecule is C/C(=C\c1ccc(OC(F)(F)F)cc1)C(C)N. The standard InChI is InChI=1S/C12H14F3NO/c1-8(9(2)16)7-10-3-5-11(6-4-10)17-12(13,14)15/h3-7,9H,16H2,1-2H3/b8-7+. The number of halogens is 3. The molecule has 0 amide bonds. The van der Waals surface area contributed by atoms with Crippen LogP contribution >= 0.6 is 0 Å². The minimum atomic E-state index is -4.65. The van der Waals surface area contributed by atoms with Crippen LogP contribution in [0.2, 0.25) is 0 Å². The van der Waals surface area contributed by atoms with E-state index in [1.807, 2.05) is 19.9 Å². The summed E-state index contributed by atoms with van der Waals surface area (Å²) in [4.78, 5) is 0. The minimum Gasteiger partial charge on any atom is -0.406 e. The second-order valence-electron chi connectivity index (χ2n) is 3.79. The number of nitrogens with two attached hydrogens (primary N) is 1. The van der Waals surface area contributed by atoms with Crippen LogP contribution in [0.4, 0.5) is 13.2 Å². The van der Waals surface area contributed by atoms with Crippen LogP contribution in [0.5, 0.6) is 5.75 Å². The van der Waals surface area contributed by atoms with Gasteiger partial charge in [-0.15, -0.1) is 13.2 Å². The van der Waals surface area contributed by atoms with Gasteiger partial charge in [0.05, 0.1) is 0 Å². The molecule has 94 valence electrons. The number of hydrogen-bond donors (Lipinski definition) is 1. The molecule has 0 saturated heterocycles. The van der Waals surface area contributed by atoms with Crippen LogP contribution in [0.25, 0.3) is 6.08 Å². The topological polar surface area (TPSA) is 35.2 Å². The van der Waals surface area contributed by atoms with Gasteiger partial charge in [0.15, 0.2) is 0 Å². The van der Waals surface area contributed by atoms with E-state index in [0.717, 1.165) is 11.1 Å². The van der Waals surface area contributed by atoms with Crippen molar-refractivity contribution in [3.63, 3.8) is 0 Å². The molecular formula is C12H14F3NO. The first-order valence-electron chi connectivity index (χ1n) is 5.07. The summed E-state index contributed by atoms with van der Waals surface area (Å²) < 4.78 is 39.5. The average molecular weight is 245 g/mol. The number of hydrogen-bond acceptors (Lipinski definition) is 2. The third kappa shape index (κ3) is 4.91. The first-order chi connectivity index (χ1) is 7.78. The smallest absolute Gasteiger partial charge is 0.406 e. The lowest BCUT2D eigenvalue weighted by Crippen LogP contribution is -2.17. The van der Waals surface area contributed by atoms with E-state index in [9.17, 15) is 13.2 Å². The molecule has 0 heterocycles. The molecular weight excluding hydrogens is 231 g/mol. The third-order valence-electron chi connectivity index (χ3n) is 2.23. The van der Waals surface area contributed by atoms with Gasteiger partial charge in [-0.1, -0.05) is 23.8 Å². The second-order valence-corrected chi connectivity index (χ2v) is 3.79. The van der Waals surface area contributed by atoms with E-state index in [-0.39, 0.29) is 11.8 Å². The maximum Gasteiger partial charge on any atom is 0.573 e. The molecule has 1 unspecified atom stereocenters. The summed E-state index contributed by atoms with van der Waals surface area (Å²) in [6.07, 6.45) is -2.83. The molecule has 1 aromatic rings. The van der Waals surface area contributed by atoms with Crippen LogP contribution < -0.4 is 10.5 Å². The van der Waals surface area contributed by atoms with Crippen molar-refractivity contribution in [2.75, 3.05) is 0 Å². The van der Waals surface area contributed by atoms with E-state index >= 15 is 0 Å². The van der Waals surface area contributed by atoms with Crippen molar-refractivity contribution in [2.24, 2.45) is 5.73 Å². The highest BCUT2D eigenvalue weighted by Gasteiger charge is 2.30. The maximum absolute atomic E-state index is 11.9. The van der Waals surface area contributed by atoms with Crippen LogP contribution in [-0.2, 0) is 0 Å². The van der Waals surface area contributed by atoms with Crippen molar-refractivity contribution >= 4 is 6.08 Å². The van der Waals surface area contributed by atoms with Gasteiger partial charge in [-0.2, -0.15) is 0 Å². The zero-order chi connectivity index (χ0) is 13.1. The molecule has 0 aliphatic carbocycles. The Kier molecular flexibility index (Phi) is 4.17. The van der Waals surface area contributed by atoms with E-state index in [2.05, 4.69) is 4.74 Å². The highest BCUT2D eigenvalue weighted by atomic mass is 19.4. The van der Waals surface area contributed by atoms with Gasteiger partial charge in [0.1, 0.15) is 5.75 Å². The highest BCUT2D eigenvalue weighted by Crippen LogP contribution is 2.23. The summed E-state index contributed by atoms with van der Waals surface area (Å²) in [6.45, 7) is 3.71. The summed E-state index contributed by atoms with van der Waals surface area (Å²) in [5.41, 5.74) is 7.39. The van der Waals surface area contributed by atoms with Crippen LogP contribution in [0.15, 0.2) is 29.8 Å². The summed E-state index contributed by atoms with van der Waals surface area (Å²) in [5, 5.41) is 0. The highest BCUT2D eigenvalue weighted by molar-refractivity contribution is 5.54. The normalized spacial score (nSPS) is 14.6. The molecule has 0 aliphatic rings. The number of benzene rings is 1. The zero-order valence-electron chi connectivity index (χ0n) is 9.58. The van der Waals surface area contributed by atoms with Crippen molar-refractivity contribution in [3.05, 3.63) is 35.4 Å². The largest absolute Gasteiger partial charge is 0.573 e. The first kappa shape index (κ1) is 13.6. The van der Waals surface area contributed by atoms with Crippen LogP contribution in [-0.4, -0.2) is 12.4 Å². The lowest BCUT2D eigenvalue weighted by atomic mass is 10.1. The Labute approximate surface area is 97.9 Å². The lowest BCUT2D eigenvalue weighted by molar-refractivity contribution is -0.274. The fraction of sp³-hybridized carbons (Fsp3) is 0.333. The maximum atomic E-state index is 11.9. The van der Waals surface area contributed by atoms with Gasteiger partial charge >= 0.3 is 6.36 Å². The van der Waals surface area contributed by atoms with Gasteiger partial charge in [0.25, 0.3) is 0 Å². The Morgan fingerprint density at radius 2 is 1.82 bits per heavy atom. The molecule has 2 N–H and O–H groups in total. The molecule has 2 nitrogen and oxygen atoms in total. The van der Waals surface area contributed by atoms with Gasteiger partial charge in [0.2, 0.25) is 0 Å². The average Bonchev–Trinajstić information content (AvgIpc) is 2.18. The van der Waals surface area contributed by atoms with Gasteiger partial charge in [-0.25, -0.2) is 0 Å². The van der Waals surface area contributed by atoms with Crippen molar-refractivity contribution in [3.8, 4) is 5.75 Å².